The quantitative estimate of drug-likeness (QED) is 0.344. The van der Waals surface area contributed by atoms with Crippen LogP contribution in [0.3, 0.4) is 0 Å². The number of ether oxygens (including phenoxy) is 2. The number of fused-ring (bicyclic) bond motifs is 9. The monoisotopic (exact) mass is 290 g/mol. The summed E-state index contributed by atoms with van der Waals surface area (Å²) in [5.74, 6) is 5.16. The van der Waals surface area contributed by atoms with Crippen molar-refractivity contribution in [1.82, 2.24) is 0 Å². The first-order valence-electron chi connectivity index (χ1n) is 8.56. The van der Waals surface area contributed by atoms with E-state index in [1.165, 1.54) is 32.1 Å². The van der Waals surface area contributed by atoms with Gasteiger partial charge in [0.15, 0.2) is 0 Å². The molecule has 4 aliphatic rings. The molecule has 4 saturated carbocycles. The maximum atomic E-state index is 11.6. The predicted octanol–water partition coefficient (Wildman–Crippen LogP) is 3.54. The van der Waals surface area contributed by atoms with E-state index in [0.717, 1.165) is 35.5 Å². The molecule has 0 amide bonds. The molecule has 6 unspecified atom stereocenters. The number of carbonyl (C=O) groups excluding carboxylic acids is 1. The fraction of sp³-hybridized carbons (Fsp3) is 0.833. The molecule has 0 aromatic heterocycles. The van der Waals surface area contributed by atoms with E-state index in [1.807, 2.05) is 6.92 Å². The summed E-state index contributed by atoms with van der Waals surface area (Å²) in [6.07, 6.45) is 6.81. The highest BCUT2D eigenvalue weighted by atomic mass is 16.7. The smallest absolute Gasteiger partial charge is 0.335 e. The van der Waals surface area contributed by atoms with Crippen LogP contribution in [0.25, 0.3) is 0 Å². The molecule has 0 spiro atoms. The van der Waals surface area contributed by atoms with Crippen molar-refractivity contribution in [3.63, 3.8) is 0 Å². The normalized spacial score (nSPS) is 47.4. The van der Waals surface area contributed by atoms with Crippen LogP contribution in [0, 0.1) is 35.5 Å². The maximum absolute atomic E-state index is 11.6. The van der Waals surface area contributed by atoms with Gasteiger partial charge < -0.3 is 9.47 Å². The number of hydrogen-bond acceptors (Lipinski definition) is 3. The molecule has 8 atom stereocenters. The molecule has 3 heteroatoms. The number of hydrogen-bond donors (Lipinski definition) is 0. The summed E-state index contributed by atoms with van der Waals surface area (Å²) in [7, 11) is 0. The fourth-order valence-corrected chi connectivity index (χ4v) is 6.19. The molecule has 0 radical (unpaired) electrons. The third-order valence-electron chi connectivity index (χ3n) is 6.66. The lowest BCUT2D eigenvalue weighted by Crippen LogP contribution is -2.38. The van der Waals surface area contributed by atoms with Crippen LogP contribution in [0.15, 0.2) is 12.2 Å². The van der Waals surface area contributed by atoms with Gasteiger partial charge in [0.05, 0.1) is 6.10 Å². The molecule has 4 rings (SSSR count). The Morgan fingerprint density at radius 1 is 1.10 bits per heavy atom. The lowest BCUT2D eigenvalue weighted by molar-refractivity contribution is -0.189. The topological polar surface area (TPSA) is 35.5 Å². The molecule has 4 fully saturated rings. The lowest BCUT2D eigenvalue weighted by atomic mass is 9.70. The van der Waals surface area contributed by atoms with E-state index in [9.17, 15) is 4.79 Å². The first-order valence-corrected chi connectivity index (χ1v) is 8.56. The Morgan fingerprint density at radius 2 is 1.81 bits per heavy atom. The standard InChI is InChI=1S/C18H26O3/c1-9(2)18(19)21-10(3)20-15-8-13-7-14(15)17-12-5-4-11(6-12)16(13)17/h10-17H,1,4-8H2,2-3H3/t10-,11?,12?,13+,14?,15?,16?,17?/m1/s1. The van der Waals surface area contributed by atoms with Crippen molar-refractivity contribution in [1.29, 1.82) is 0 Å². The number of esters is 1. The van der Waals surface area contributed by atoms with E-state index in [2.05, 4.69) is 6.58 Å². The van der Waals surface area contributed by atoms with Gasteiger partial charge in [-0.15, -0.1) is 0 Å². The fourth-order valence-electron chi connectivity index (χ4n) is 6.19. The van der Waals surface area contributed by atoms with E-state index in [0.29, 0.717) is 11.7 Å². The summed E-state index contributed by atoms with van der Waals surface area (Å²) >= 11 is 0. The SMILES string of the molecule is C=C(C)C(=O)O[C@H](C)OC1C[C@@H]2CC1C1C3CCC(C3)C12. The van der Waals surface area contributed by atoms with Gasteiger partial charge in [0, 0.05) is 5.57 Å². The Labute approximate surface area is 127 Å². The highest BCUT2D eigenvalue weighted by Gasteiger charge is 2.62. The average molecular weight is 290 g/mol. The third-order valence-corrected chi connectivity index (χ3v) is 6.66. The first-order chi connectivity index (χ1) is 10.0. The van der Waals surface area contributed by atoms with Crippen LogP contribution >= 0.6 is 0 Å². The Kier molecular flexibility index (Phi) is 3.18. The Hall–Kier alpha value is -0.830. The zero-order valence-corrected chi connectivity index (χ0v) is 13.1. The van der Waals surface area contributed by atoms with E-state index in [4.69, 9.17) is 9.47 Å². The molecule has 0 aromatic rings. The van der Waals surface area contributed by atoms with E-state index in [-0.39, 0.29) is 5.97 Å². The molecule has 21 heavy (non-hydrogen) atoms. The lowest BCUT2D eigenvalue weighted by Gasteiger charge is -2.39. The summed E-state index contributed by atoms with van der Waals surface area (Å²) in [6.45, 7) is 7.13. The minimum Gasteiger partial charge on any atom is -0.433 e. The van der Waals surface area contributed by atoms with Gasteiger partial charge in [-0.2, -0.15) is 0 Å². The van der Waals surface area contributed by atoms with Gasteiger partial charge in [0.2, 0.25) is 6.29 Å². The van der Waals surface area contributed by atoms with Crippen molar-refractivity contribution in [2.24, 2.45) is 35.5 Å². The molecule has 0 aliphatic heterocycles. The van der Waals surface area contributed by atoms with Crippen molar-refractivity contribution >= 4 is 5.97 Å². The zero-order valence-electron chi connectivity index (χ0n) is 13.1. The second kappa shape index (κ2) is 4.84. The van der Waals surface area contributed by atoms with E-state index in [1.54, 1.807) is 6.92 Å². The Bertz CT molecular complexity index is 471. The van der Waals surface area contributed by atoms with Crippen LogP contribution < -0.4 is 0 Å². The van der Waals surface area contributed by atoms with Crippen molar-refractivity contribution < 1.29 is 14.3 Å². The summed E-state index contributed by atoms with van der Waals surface area (Å²) < 4.78 is 11.4. The molecule has 4 bridgehead atoms. The van der Waals surface area contributed by atoms with Gasteiger partial charge in [0.1, 0.15) is 0 Å². The summed E-state index contributed by atoms with van der Waals surface area (Å²) in [6, 6.07) is 0. The van der Waals surface area contributed by atoms with Crippen LogP contribution in [0.5, 0.6) is 0 Å². The average Bonchev–Trinajstić information content (AvgIpc) is 3.16. The molecule has 0 heterocycles. The molecular weight excluding hydrogens is 264 g/mol. The molecule has 3 nitrogen and oxygen atoms in total. The van der Waals surface area contributed by atoms with Crippen LogP contribution in [0.1, 0.15) is 46.0 Å². The summed E-state index contributed by atoms with van der Waals surface area (Å²) in [5, 5.41) is 0. The zero-order chi connectivity index (χ0) is 14.7. The number of carbonyl (C=O) groups is 1. The van der Waals surface area contributed by atoms with E-state index >= 15 is 0 Å². The van der Waals surface area contributed by atoms with E-state index < -0.39 is 6.29 Å². The van der Waals surface area contributed by atoms with Gasteiger partial charge in [-0.05, 0) is 81.5 Å². The second-order valence-corrected chi connectivity index (χ2v) is 7.81. The molecular formula is C18H26O3. The molecule has 4 aliphatic carbocycles. The minimum atomic E-state index is -0.449. The van der Waals surface area contributed by atoms with Crippen molar-refractivity contribution in [3.8, 4) is 0 Å². The largest absolute Gasteiger partial charge is 0.433 e. The first kappa shape index (κ1) is 13.8. The molecule has 0 saturated heterocycles. The van der Waals surface area contributed by atoms with Crippen LogP contribution in [0.4, 0.5) is 0 Å². The molecule has 116 valence electrons. The highest BCUT2D eigenvalue weighted by Crippen LogP contribution is 2.67. The highest BCUT2D eigenvalue weighted by molar-refractivity contribution is 5.86. The number of rotatable bonds is 4. The van der Waals surface area contributed by atoms with Gasteiger partial charge in [-0.25, -0.2) is 4.79 Å². The molecule has 0 aromatic carbocycles. The van der Waals surface area contributed by atoms with Gasteiger partial charge in [-0.3, -0.25) is 0 Å². The second-order valence-electron chi connectivity index (χ2n) is 7.81. The van der Waals surface area contributed by atoms with Gasteiger partial charge in [-0.1, -0.05) is 6.58 Å². The van der Waals surface area contributed by atoms with Crippen LogP contribution in [0.2, 0.25) is 0 Å². The van der Waals surface area contributed by atoms with Crippen LogP contribution in [-0.4, -0.2) is 18.4 Å². The summed E-state index contributed by atoms with van der Waals surface area (Å²) in [5.41, 5.74) is 0.437. The van der Waals surface area contributed by atoms with Gasteiger partial charge >= 0.3 is 5.97 Å². The third kappa shape index (κ3) is 2.08. The molecule has 0 N–H and O–H groups in total. The van der Waals surface area contributed by atoms with Crippen molar-refractivity contribution in [2.75, 3.05) is 0 Å². The van der Waals surface area contributed by atoms with Crippen molar-refractivity contribution in [3.05, 3.63) is 12.2 Å². The Balaban J connectivity index is 1.38. The van der Waals surface area contributed by atoms with Gasteiger partial charge in [0.25, 0.3) is 0 Å². The Morgan fingerprint density at radius 3 is 2.52 bits per heavy atom. The predicted molar refractivity (Wildman–Crippen MR) is 79.3 cm³/mol. The maximum Gasteiger partial charge on any atom is 0.335 e. The minimum absolute atomic E-state index is 0.309. The van der Waals surface area contributed by atoms with Crippen molar-refractivity contribution in [2.45, 2.75) is 58.3 Å². The summed E-state index contributed by atoms with van der Waals surface area (Å²) in [4.78, 5) is 11.6. The van der Waals surface area contributed by atoms with Crippen LogP contribution in [-0.2, 0) is 14.3 Å².